The van der Waals surface area contributed by atoms with Gasteiger partial charge >= 0.3 is 0 Å². The maximum absolute atomic E-state index is 2.50. The standard InChI is InChI=1S/C51H30S/c1-2-11-36-32(10-1)24-27-43-38-13-4-7-18-45(38)51(50(36)43)44-17-6-3-12-37(44)39-26-25-34(30-46(39)51)31-20-22-33(23-21-31)35-28-29-48-49-41(35)15-9-16-42(49)40-14-5-8-19-47(40)52-48/h1-30H. The topological polar surface area (TPSA) is 0 Å². The van der Waals surface area contributed by atoms with Crippen molar-refractivity contribution >= 4 is 33.3 Å². The lowest BCUT2D eigenvalue weighted by Gasteiger charge is -2.31. The minimum atomic E-state index is -0.394. The summed E-state index contributed by atoms with van der Waals surface area (Å²) in [5.74, 6) is 0. The molecule has 12 rings (SSSR count). The van der Waals surface area contributed by atoms with Gasteiger partial charge in [0.15, 0.2) is 0 Å². The molecule has 1 heteroatoms. The molecule has 240 valence electrons. The molecule has 0 radical (unpaired) electrons. The summed E-state index contributed by atoms with van der Waals surface area (Å²) >= 11 is 1.88. The third kappa shape index (κ3) is 3.63. The Morgan fingerprint density at radius 1 is 0.327 bits per heavy atom. The Morgan fingerprint density at radius 3 is 1.77 bits per heavy atom. The molecule has 1 heterocycles. The summed E-state index contributed by atoms with van der Waals surface area (Å²) in [6.45, 7) is 0. The highest BCUT2D eigenvalue weighted by Gasteiger charge is 2.52. The van der Waals surface area contributed by atoms with Crippen molar-refractivity contribution in [2.45, 2.75) is 15.2 Å². The summed E-state index contributed by atoms with van der Waals surface area (Å²) in [6, 6.07) is 68.4. The summed E-state index contributed by atoms with van der Waals surface area (Å²) in [6.07, 6.45) is 0. The predicted molar refractivity (Wildman–Crippen MR) is 218 cm³/mol. The molecule has 3 aliphatic rings. The Balaban J connectivity index is 1.04. The van der Waals surface area contributed by atoms with Crippen LogP contribution in [0, 0.1) is 0 Å². The molecule has 9 aromatic rings. The van der Waals surface area contributed by atoms with Gasteiger partial charge in [-0.3, -0.25) is 0 Å². The van der Waals surface area contributed by atoms with Crippen LogP contribution in [0.1, 0.15) is 22.3 Å². The zero-order valence-corrected chi connectivity index (χ0v) is 29.0. The first-order valence-corrected chi connectivity index (χ1v) is 18.9. The number of benzene rings is 9. The third-order valence-corrected chi connectivity index (χ3v) is 13.0. The molecule has 0 fully saturated rings. The largest absolute Gasteiger partial charge is 0.0888 e. The SMILES string of the molecule is c1ccc2c(c1)Sc1ccc(-c3ccc(-c4ccc5c(c4)C4(c6ccccc6-5)c5ccccc5-c5ccc6ccccc6c54)cc3)c3cccc-2c13. The van der Waals surface area contributed by atoms with Crippen LogP contribution in [0.2, 0.25) is 0 Å². The van der Waals surface area contributed by atoms with Crippen molar-refractivity contribution < 1.29 is 0 Å². The molecule has 1 aliphatic heterocycles. The molecule has 0 N–H and O–H groups in total. The van der Waals surface area contributed by atoms with Crippen LogP contribution < -0.4 is 0 Å². The molecule has 0 saturated heterocycles. The highest BCUT2D eigenvalue weighted by atomic mass is 32.2. The summed E-state index contributed by atoms with van der Waals surface area (Å²) in [4.78, 5) is 2.66. The first-order chi connectivity index (χ1) is 25.8. The van der Waals surface area contributed by atoms with Crippen molar-refractivity contribution in [2.75, 3.05) is 0 Å². The fourth-order valence-electron chi connectivity index (χ4n) is 9.77. The van der Waals surface area contributed by atoms with E-state index in [-0.39, 0.29) is 0 Å². The molecule has 2 aliphatic carbocycles. The van der Waals surface area contributed by atoms with Crippen molar-refractivity contribution in [1.82, 2.24) is 0 Å². The van der Waals surface area contributed by atoms with E-state index in [9.17, 15) is 0 Å². The van der Waals surface area contributed by atoms with Crippen LogP contribution in [0.5, 0.6) is 0 Å². The molecular formula is C51H30S. The summed E-state index contributed by atoms with van der Waals surface area (Å²) in [7, 11) is 0. The lowest BCUT2D eigenvalue weighted by molar-refractivity contribution is 0.801. The van der Waals surface area contributed by atoms with Crippen LogP contribution in [0.4, 0.5) is 0 Å². The van der Waals surface area contributed by atoms with Crippen LogP contribution in [0.3, 0.4) is 0 Å². The Hall–Kier alpha value is -6.15. The van der Waals surface area contributed by atoms with Gasteiger partial charge in [-0.25, -0.2) is 0 Å². The smallest absolute Gasteiger partial charge is 0.0731 e. The third-order valence-electron chi connectivity index (χ3n) is 11.9. The lowest BCUT2D eigenvalue weighted by Crippen LogP contribution is -2.26. The lowest BCUT2D eigenvalue weighted by atomic mass is 9.69. The molecule has 1 spiro atoms. The zero-order valence-electron chi connectivity index (χ0n) is 28.2. The predicted octanol–water partition coefficient (Wildman–Crippen LogP) is 13.8. The maximum Gasteiger partial charge on any atom is 0.0731 e. The van der Waals surface area contributed by atoms with Crippen LogP contribution in [0.15, 0.2) is 192 Å². The minimum absolute atomic E-state index is 0.394. The molecule has 0 saturated carbocycles. The van der Waals surface area contributed by atoms with Gasteiger partial charge in [-0.15, -0.1) is 0 Å². The molecule has 1 atom stereocenters. The molecule has 0 bridgehead atoms. The van der Waals surface area contributed by atoms with Crippen LogP contribution in [-0.4, -0.2) is 0 Å². The van der Waals surface area contributed by atoms with Gasteiger partial charge in [-0.1, -0.05) is 176 Å². The van der Waals surface area contributed by atoms with Crippen molar-refractivity contribution in [3.05, 3.63) is 204 Å². The molecule has 52 heavy (non-hydrogen) atoms. The minimum Gasteiger partial charge on any atom is -0.0888 e. The van der Waals surface area contributed by atoms with E-state index >= 15 is 0 Å². The van der Waals surface area contributed by atoms with E-state index in [2.05, 4.69) is 182 Å². The van der Waals surface area contributed by atoms with Gasteiger partial charge in [-0.05, 0) is 112 Å². The van der Waals surface area contributed by atoms with Gasteiger partial charge in [0.2, 0.25) is 0 Å². The van der Waals surface area contributed by atoms with Crippen molar-refractivity contribution in [2.24, 2.45) is 0 Å². The quantitative estimate of drug-likeness (QED) is 0.176. The Kier molecular flexibility index (Phi) is 5.73. The summed E-state index contributed by atoms with van der Waals surface area (Å²) in [5, 5.41) is 5.29. The van der Waals surface area contributed by atoms with E-state index < -0.39 is 5.41 Å². The Bertz CT molecular complexity index is 2970. The fraction of sp³-hybridized carbons (Fsp3) is 0.0196. The second-order valence-electron chi connectivity index (χ2n) is 14.3. The molecule has 0 aromatic heterocycles. The fourth-order valence-corrected chi connectivity index (χ4v) is 10.9. The highest BCUT2D eigenvalue weighted by Crippen LogP contribution is 2.64. The van der Waals surface area contributed by atoms with Gasteiger partial charge < -0.3 is 0 Å². The number of hydrogen-bond donors (Lipinski definition) is 0. The molecule has 0 amide bonds. The highest BCUT2D eigenvalue weighted by molar-refractivity contribution is 7.99. The maximum atomic E-state index is 2.50. The second kappa shape index (κ2) is 10.4. The van der Waals surface area contributed by atoms with E-state index in [0.29, 0.717) is 0 Å². The van der Waals surface area contributed by atoms with Gasteiger partial charge in [0.1, 0.15) is 0 Å². The second-order valence-corrected chi connectivity index (χ2v) is 15.4. The van der Waals surface area contributed by atoms with Gasteiger partial charge in [-0.2, -0.15) is 0 Å². The van der Waals surface area contributed by atoms with Crippen molar-refractivity contribution in [1.29, 1.82) is 0 Å². The molecule has 0 nitrogen and oxygen atoms in total. The Labute approximate surface area is 307 Å². The van der Waals surface area contributed by atoms with Crippen molar-refractivity contribution in [3.63, 3.8) is 0 Å². The first-order valence-electron chi connectivity index (χ1n) is 18.1. The van der Waals surface area contributed by atoms with E-state index in [0.717, 1.165) is 0 Å². The van der Waals surface area contributed by atoms with E-state index in [4.69, 9.17) is 0 Å². The first kappa shape index (κ1) is 28.5. The monoisotopic (exact) mass is 674 g/mol. The van der Waals surface area contributed by atoms with Crippen molar-refractivity contribution in [3.8, 4) is 55.6 Å². The summed E-state index contributed by atoms with van der Waals surface area (Å²) in [5.41, 5.74) is 18.1. The molecule has 1 unspecified atom stereocenters. The van der Waals surface area contributed by atoms with E-state index in [1.165, 1.54) is 109 Å². The molecular weight excluding hydrogens is 645 g/mol. The van der Waals surface area contributed by atoms with Crippen LogP contribution in [-0.2, 0) is 5.41 Å². The zero-order chi connectivity index (χ0) is 34.0. The average Bonchev–Trinajstić information content (AvgIpc) is 3.68. The van der Waals surface area contributed by atoms with Gasteiger partial charge in [0.05, 0.1) is 5.41 Å². The average molecular weight is 675 g/mol. The molecule has 9 aromatic carbocycles. The normalized spacial score (nSPS) is 15.7. The number of rotatable bonds is 2. The summed E-state index contributed by atoms with van der Waals surface area (Å²) < 4.78 is 0. The van der Waals surface area contributed by atoms with Crippen LogP contribution in [0.25, 0.3) is 77.2 Å². The van der Waals surface area contributed by atoms with Gasteiger partial charge in [0, 0.05) is 15.2 Å². The van der Waals surface area contributed by atoms with E-state index in [1.54, 1.807) is 0 Å². The van der Waals surface area contributed by atoms with E-state index in [1.807, 2.05) is 11.8 Å². The van der Waals surface area contributed by atoms with Gasteiger partial charge in [0.25, 0.3) is 0 Å². The number of fused-ring (bicyclic) bond motifs is 14. The Morgan fingerprint density at radius 2 is 0.923 bits per heavy atom. The van der Waals surface area contributed by atoms with Crippen LogP contribution >= 0.6 is 11.8 Å². The number of hydrogen-bond acceptors (Lipinski definition) is 1.